The van der Waals surface area contributed by atoms with Crippen molar-refractivity contribution in [2.45, 2.75) is 116 Å². The molecule has 0 heterocycles. The summed E-state index contributed by atoms with van der Waals surface area (Å²) in [5.74, 6) is 0.265. The van der Waals surface area contributed by atoms with Gasteiger partial charge in [-0.25, -0.2) is 4.79 Å². The second-order valence-electron chi connectivity index (χ2n) is 9.05. The SMILES string of the molecule is CCCCCCCCCCCCCCCCCCN(CCc1cccc(O)c1)C(N)=O. The van der Waals surface area contributed by atoms with Crippen molar-refractivity contribution in [2.24, 2.45) is 5.73 Å². The van der Waals surface area contributed by atoms with E-state index >= 15 is 0 Å². The van der Waals surface area contributed by atoms with Gasteiger partial charge in [0, 0.05) is 13.1 Å². The quantitative estimate of drug-likeness (QED) is 0.209. The maximum Gasteiger partial charge on any atom is 0.314 e. The summed E-state index contributed by atoms with van der Waals surface area (Å²) in [5, 5.41) is 9.54. The Bertz CT molecular complexity index is 562. The lowest BCUT2D eigenvalue weighted by Gasteiger charge is -2.20. The van der Waals surface area contributed by atoms with Crippen LogP contribution in [-0.4, -0.2) is 29.1 Å². The molecule has 3 N–H and O–H groups in total. The van der Waals surface area contributed by atoms with Crippen molar-refractivity contribution < 1.29 is 9.90 Å². The molecule has 1 rings (SSSR count). The smallest absolute Gasteiger partial charge is 0.314 e. The van der Waals surface area contributed by atoms with Gasteiger partial charge >= 0.3 is 6.03 Å². The molecule has 4 nitrogen and oxygen atoms in total. The standard InChI is InChI=1S/C27H48N2O2/c1-2-3-4-5-6-7-8-9-10-11-12-13-14-15-16-17-22-29(27(28)31)23-21-25-19-18-20-26(30)24-25/h18-20,24,30H,2-17,21-23H2,1H3,(H2,28,31). The van der Waals surface area contributed by atoms with Crippen LogP contribution in [-0.2, 0) is 6.42 Å². The van der Waals surface area contributed by atoms with Crippen LogP contribution in [0.1, 0.15) is 115 Å². The van der Waals surface area contributed by atoms with Gasteiger partial charge in [0.2, 0.25) is 0 Å². The molecule has 0 bridgehead atoms. The Labute approximate surface area is 191 Å². The highest BCUT2D eigenvalue weighted by molar-refractivity contribution is 5.71. The number of aromatic hydroxyl groups is 1. The molecule has 2 amide bonds. The molecule has 0 unspecified atom stereocenters. The van der Waals surface area contributed by atoms with Crippen molar-refractivity contribution in [3.8, 4) is 5.75 Å². The van der Waals surface area contributed by atoms with Crippen LogP contribution in [0, 0.1) is 0 Å². The van der Waals surface area contributed by atoms with E-state index in [1.165, 1.54) is 89.9 Å². The number of hydrogen-bond acceptors (Lipinski definition) is 2. The minimum Gasteiger partial charge on any atom is -0.508 e. The zero-order valence-electron chi connectivity index (χ0n) is 20.1. The first-order valence-electron chi connectivity index (χ1n) is 13.0. The average Bonchev–Trinajstić information content (AvgIpc) is 2.75. The maximum absolute atomic E-state index is 11.7. The van der Waals surface area contributed by atoms with Gasteiger partial charge in [-0.3, -0.25) is 0 Å². The zero-order valence-corrected chi connectivity index (χ0v) is 20.1. The van der Waals surface area contributed by atoms with Crippen molar-refractivity contribution in [2.75, 3.05) is 13.1 Å². The van der Waals surface area contributed by atoms with E-state index in [-0.39, 0.29) is 11.8 Å². The van der Waals surface area contributed by atoms with Gasteiger partial charge in [-0.05, 0) is 30.5 Å². The van der Waals surface area contributed by atoms with Crippen LogP contribution in [0.4, 0.5) is 4.79 Å². The largest absolute Gasteiger partial charge is 0.508 e. The molecule has 178 valence electrons. The first kappa shape index (κ1) is 27.3. The fourth-order valence-corrected chi connectivity index (χ4v) is 4.16. The van der Waals surface area contributed by atoms with E-state index in [0.717, 1.165) is 31.4 Å². The van der Waals surface area contributed by atoms with Crippen LogP contribution >= 0.6 is 0 Å². The highest BCUT2D eigenvalue weighted by Crippen LogP contribution is 2.14. The third-order valence-electron chi connectivity index (χ3n) is 6.17. The van der Waals surface area contributed by atoms with Crippen LogP contribution in [0.2, 0.25) is 0 Å². The molecule has 0 aliphatic rings. The monoisotopic (exact) mass is 432 g/mol. The summed E-state index contributed by atoms with van der Waals surface area (Å²) < 4.78 is 0. The van der Waals surface area contributed by atoms with Gasteiger partial charge in [0.1, 0.15) is 5.75 Å². The van der Waals surface area contributed by atoms with Crippen molar-refractivity contribution in [3.05, 3.63) is 29.8 Å². The number of nitrogens with zero attached hydrogens (tertiary/aromatic N) is 1. The van der Waals surface area contributed by atoms with Crippen molar-refractivity contribution in [1.29, 1.82) is 0 Å². The van der Waals surface area contributed by atoms with Crippen molar-refractivity contribution >= 4 is 6.03 Å². The lowest BCUT2D eigenvalue weighted by molar-refractivity contribution is 0.207. The molecular weight excluding hydrogens is 384 g/mol. The third-order valence-corrected chi connectivity index (χ3v) is 6.17. The number of urea groups is 1. The summed E-state index contributed by atoms with van der Waals surface area (Å²) in [6.07, 6.45) is 22.3. The number of phenols is 1. The first-order valence-corrected chi connectivity index (χ1v) is 13.0. The molecule has 0 aliphatic carbocycles. The molecule has 0 saturated heterocycles. The second-order valence-corrected chi connectivity index (χ2v) is 9.05. The Morgan fingerprint density at radius 2 is 1.26 bits per heavy atom. The van der Waals surface area contributed by atoms with Crippen LogP contribution in [0.3, 0.4) is 0 Å². The fraction of sp³-hybridized carbons (Fsp3) is 0.741. The molecule has 0 saturated carbocycles. The number of hydrogen-bond donors (Lipinski definition) is 2. The van der Waals surface area contributed by atoms with E-state index in [9.17, 15) is 9.90 Å². The van der Waals surface area contributed by atoms with Crippen LogP contribution < -0.4 is 5.73 Å². The van der Waals surface area contributed by atoms with Crippen LogP contribution in [0.5, 0.6) is 5.75 Å². The Hall–Kier alpha value is -1.71. The minimum absolute atomic E-state index is 0.265. The summed E-state index contributed by atoms with van der Waals surface area (Å²) in [4.78, 5) is 13.4. The van der Waals surface area contributed by atoms with E-state index in [1.54, 1.807) is 17.0 Å². The first-order chi connectivity index (χ1) is 15.1. The maximum atomic E-state index is 11.7. The topological polar surface area (TPSA) is 66.6 Å². The molecule has 31 heavy (non-hydrogen) atoms. The predicted octanol–water partition coefficient (Wildman–Crippen LogP) is 7.58. The number of amides is 2. The van der Waals surface area contributed by atoms with Gasteiger partial charge < -0.3 is 15.7 Å². The summed E-state index contributed by atoms with van der Waals surface area (Å²) in [6, 6.07) is 6.85. The number of benzene rings is 1. The molecule has 0 aromatic heterocycles. The molecule has 0 spiro atoms. The Balaban J connectivity index is 1.92. The van der Waals surface area contributed by atoms with E-state index in [4.69, 9.17) is 5.73 Å². The summed E-state index contributed by atoms with van der Waals surface area (Å²) >= 11 is 0. The number of carbonyl (C=O) groups excluding carboxylic acids is 1. The molecule has 1 aromatic carbocycles. The normalized spacial score (nSPS) is 11.0. The molecule has 0 radical (unpaired) electrons. The van der Waals surface area contributed by atoms with E-state index in [2.05, 4.69) is 6.92 Å². The van der Waals surface area contributed by atoms with Gasteiger partial charge in [0.15, 0.2) is 0 Å². The van der Waals surface area contributed by atoms with Gasteiger partial charge in [0.25, 0.3) is 0 Å². The van der Waals surface area contributed by atoms with Crippen LogP contribution in [0.25, 0.3) is 0 Å². The molecule has 0 fully saturated rings. The van der Waals surface area contributed by atoms with Crippen molar-refractivity contribution in [1.82, 2.24) is 4.90 Å². The highest BCUT2D eigenvalue weighted by atomic mass is 16.3. The Morgan fingerprint density at radius 1 is 0.774 bits per heavy atom. The van der Waals surface area contributed by atoms with Gasteiger partial charge in [-0.1, -0.05) is 115 Å². The fourth-order valence-electron chi connectivity index (χ4n) is 4.16. The number of primary amides is 1. The van der Waals surface area contributed by atoms with Gasteiger partial charge in [-0.2, -0.15) is 0 Å². The zero-order chi connectivity index (χ0) is 22.6. The molecule has 4 heteroatoms. The number of rotatable bonds is 20. The van der Waals surface area contributed by atoms with E-state index < -0.39 is 0 Å². The minimum atomic E-state index is -0.346. The summed E-state index contributed by atoms with van der Waals surface area (Å²) in [6.45, 7) is 3.62. The Kier molecular flexibility index (Phi) is 16.8. The summed E-state index contributed by atoms with van der Waals surface area (Å²) in [7, 11) is 0. The molecule has 0 atom stereocenters. The number of unbranched alkanes of at least 4 members (excludes halogenated alkanes) is 15. The van der Waals surface area contributed by atoms with E-state index in [1.807, 2.05) is 12.1 Å². The number of nitrogens with two attached hydrogens (primary N) is 1. The van der Waals surface area contributed by atoms with Gasteiger partial charge in [-0.15, -0.1) is 0 Å². The van der Waals surface area contributed by atoms with Crippen molar-refractivity contribution in [3.63, 3.8) is 0 Å². The molecule has 1 aromatic rings. The summed E-state index contributed by atoms with van der Waals surface area (Å²) in [5.41, 5.74) is 6.56. The average molecular weight is 433 g/mol. The lowest BCUT2D eigenvalue weighted by Crippen LogP contribution is -2.37. The third kappa shape index (κ3) is 15.7. The van der Waals surface area contributed by atoms with E-state index in [0.29, 0.717) is 6.54 Å². The number of phenolic OH excluding ortho intramolecular Hbond substituents is 1. The molecular formula is C27H48N2O2. The molecule has 0 aliphatic heterocycles. The lowest BCUT2D eigenvalue weighted by atomic mass is 10.0. The number of carbonyl (C=O) groups is 1. The van der Waals surface area contributed by atoms with Crippen LogP contribution in [0.15, 0.2) is 24.3 Å². The van der Waals surface area contributed by atoms with Gasteiger partial charge in [0.05, 0.1) is 0 Å². The predicted molar refractivity (Wildman–Crippen MR) is 133 cm³/mol. The Morgan fingerprint density at radius 3 is 1.71 bits per heavy atom. The second kappa shape index (κ2) is 19.0. The highest BCUT2D eigenvalue weighted by Gasteiger charge is 2.09.